The van der Waals surface area contributed by atoms with E-state index in [-0.39, 0.29) is 5.82 Å². The van der Waals surface area contributed by atoms with Crippen LogP contribution in [0.2, 0.25) is 0 Å². The minimum absolute atomic E-state index is 0.321. The van der Waals surface area contributed by atoms with Gasteiger partial charge in [-0.3, -0.25) is 4.98 Å². The summed E-state index contributed by atoms with van der Waals surface area (Å²) in [6.07, 6.45) is 1.65. The lowest BCUT2D eigenvalue weighted by atomic mass is 10.1. The SMILES string of the molecule is COc1ccc(F)c(-c2ccc(CN)cn2)c1. The van der Waals surface area contributed by atoms with Crippen LogP contribution in [0, 0.1) is 5.82 Å². The number of benzene rings is 1. The average Bonchev–Trinajstić information content (AvgIpc) is 2.39. The van der Waals surface area contributed by atoms with Crippen LogP contribution in [-0.4, -0.2) is 12.1 Å². The van der Waals surface area contributed by atoms with Crippen LogP contribution in [-0.2, 0) is 6.54 Å². The molecular formula is C13H13FN2O. The highest BCUT2D eigenvalue weighted by Crippen LogP contribution is 2.25. The van der Waals surface area contributed by atoms with Gasteiger partial charge < -0.3 is 10.5 Å². The van der Waals surface area contributed by atoms with Gasteiger partial charge in [-0.25, -0.2) is 4.39 Å². The standard InChI is InChI=1S/C13H13FN2O/c1-17-10-3-4-12(14)11(6-10)13-5-2-9(7-15)8-16-13/h2-6,8H,7,15H2,1H3. The Labute approximate surface area is 99.1 Å². The van der Waals surface area contributed by atoms with Crippen molar-refractivity contribution in [2.45, 2.75) is 6.54 Å². The van der Waals surface area contributed by atoms with E-state index in [1.54, 1.807) is 31.5 Å². The zero-order valence-corrected chi connectivity index (χ0v) is 9.48. The fourth-order valence-electron chi connectivity index (χ4n) is 1.53. The summed E-state index contributed by atoms with van der Waals surface area (Å²) < 4.78 is 18.7. The molecule has 88 valence electrons. The molecule has 17 heavy (non-hydrogen) atoms. The van der Waals surface area contributed by atoms with E-state index in [9.17, 15) is 4.39 Å². The summed E-state index contributed by atoms with van der Waals surface area (Å²) in [5, 5.41) is 0. The lowest BCUT2D eigenvalue weighted by Gasteiger charge is -2.06. The van der Waals surface area contributed by atoms with Crippen molar-refractivity contribution in [1.29, 1.82) is 0 Å². The molecule has 1 heterocycles. The highest BCUT2D eigenvalue weighted by molar-refractivity contribution is 5.62. The van der Waals surface area contributed by atoms with Crippen molar-refractivity contribution in [3.63, 3.8) is 0 Å². The predicted molar refractivity (Wildman–Crippen MR) is 64.1 cm³/mol. The van der Waals surface area contributed by atoms with E-state index in [2.05, 4.69) is 4.98 Å². The molecule has 0 atom stereocenters. The van der Waals surface area contributed by atoms with Crippen LogP contribution in [0.1, 0.15) is 5.56 Å². The first kappa shape index (κ1) is 11.5. The molecular weight excluding hydrogens is 219 g/mol. The van der Waals surface area contributed by atoms with Crippen LogP contribution in [0.15, 0.2) is 36.5 Å². The molecule has 0 saturated heterocycles. The van der Waals surface area contributed by atoms with Crippen LogP contribution >= 0.6 is 0 Å². The monoisotopic (exact) mass is 232 g/mol. The number of rotatable bonds is 3. The first-order valence-corrected chi connectivity index (χ1v) is 5.23. The Bertz CT molecular complexity index is 511. The van der Waals surface area contributed by atoms with Crippen LogP contribution in [0.4, 0.5) is 4.39 Å². The van der Waals surface area contributed by atoms with Crippen molar-refractivity contribution in [2.75, 3.05) is 7.11 Å². The van der Waals surface area contributed by atoms with Crippen LogP contribution in [0.5, 0.6) is 5.75 Å². The summed E-state index contributed by atoms with van der Waals surface area (Å²) >= 11 is 0. The van der Waals surface area contributed by atoms with Gasteiger partial charge in [-0.15, -0.1) is 0 Å². The zero-order valence-electron chi connectivity index (χ0n) is 9.48. The van der Waals surface area contributed by atoms with E-state index < -0.39 is 0 Å². The normalized spacial score (nSPS) is 10.3. The fraction of sp³-hybridized carbons (Fsp3) is 0.154. The topological polar surface area (TPSA) is 48.1 Å². The largest absolute Gasteiger partial charge is 0.497 e. The summed E-state index contributed by atoms with van der Waals surface area (Å²) in [5.74, 6) is 0.282. The van der Waals surface area contributed by atoms with Crippen molar-refractivity contribution >= 4 is 0 Å². The molecule has 0 saturated carbocycles. The minimum atomic E-state index is -0.321. The van der Waals surface area contributed by atoms with E-state index in [1.807, 2.05) is 6.07 Å². The maximum Gasteiger partial charge on any atom is 0.132 e. The van der Waals surface area contributed by atoms with Crippen LogP contribution in [0.25, 0.3) is 11.3 Å². The molecule has 0 aliphatic heterocycles. The third kappa shape index (κ3) is 2.42. The Morgan fingerprint density at radius 3 is 2.71 bits per heavy atom. The van der Waals surface area contributed by atoms with Crippen molar-refractivity contribution in [3.05, 3.63) is 47.9 Å². The van der Waals surface area contributed by atoms with Crippen LogP contribution < -0.4 is 10.5 Å². The lowest BCUT2D eigenvalue weighted by molar-refractivity contribution is 0.414. The number of methoxy groups -OCH3 is 1. The molecule has 0 fully saturated rings. The summed E-state index contributed by atoms with van der Waals surface area (Å²) in [4.78, 5) is 4.18. The fourth-order valence-corrected chi connectivity index (χ4v) is 1.53. The second kappa shape index (κ2) is 4.93. The second-order valence-electron chi connectivity index (χ2n) is 3.60. The first-order valence-electron chi connectivity index (χ1n) is 5.23. The molecule has 0 aliphatic carbocycles. The van der Waals surface area contributed by atoms with Crippen LogP contribution in [0.3, 0.4) is 0 Å². The average molecular weight is 232 g/mol. The quantitative estimate of drug-likeness (QED) is 0.883. The molecule has 0 radical (unpaired) electrons. The summed E-state index contributed by atoms with van der Waals surface area (Å²) in [5.41, 5.74) is 7.39. The van der Waals surface area contributed by atoms with Crippen molar-refractivity contribution in [2.24, 2.45) is 5.73 Å². The molecule has 2 aromatic rings. The Kier molecular flexibility index (Phi) is 3.35. The van der Waals surface area contributed by atoms with E-state index in [0.29, 0.717) is 23.6 Å². The molecule has 0 amide bonds. The number of nitrogens with two attached hydrogens (primary N) is 1. The maximum atomic E-state index is 13.7. The van der Waals surface area contributed by atoms with Crippen molar-refractivity contribution < 1.29 is 9.13 Å². The van der Waals surface area contributed by atoms with Gasteiger partial charge in [0, 0.05) is 18.3 Å². The molecule has 1 aromatic carbocycles. The van der Waals surface area contributed by atoms with E-state index in [0.717, 1.165) is 5.56 Å². The molecule has 3 nitrogen and oxygen atoms in total. The predicted octanol–water partition coefficient (Wildman–Crippen LogP) is 2.36. The Morgan fingerprint density at radius 1 is 1.29 bits per heavy atom. The second-order valence-corrected chi connectivity index (χ2v) is 3.60. The number of halogens is 1. The first-order chi connectivity index (χ1) is 8.24. The van der Waals surface area contributed by atoms with Gasteiger partial charge in [-0.2, -0.15) is 0 Å². The molecule has 0 bridgehead atoms. The van der Waals surface area contributed by atoms with E-state index >= 15 is 0 Å². The Morgan fingerprint density at radius 2 is 2.12 bits per heavy atom. The third-order valence-corrected chi connectivity index (χ3v) is 2.51. The Balaban J connectivity index is 2.43. The van der Waals surface area contributed by atoms with E-state index in [1.165, 1.54) is 6.07 Å². The molecule has 1 aromatic heterocycles. The third-order valence-electron chi connectivity index (χ3n) is 2.51. The van der Waals surface area contributed by atoms with Gasteiger partial charge in [-0.05, 0) is 29.8 Å². The number of hydrogen-bond acceptors (Lipinski definition) is 3. The number of nitrogens with zero attached hydrogens (tertiary/aromatic N) is 1. The molecule has 2 rings (SSSR count). The Hall–Kier alpha value is -1.94. The number of ether oxygens (including phenoxy) is 1. The number of hydrogen-bond donors (Lipinski definition) is 1. The van der Waals surface area contributed by atoms with Crippen molar-refractivity contribution in [3.8, 4) is 17.0 Å². The van der Waals surface area contributed by atoms with Gasteiger partial charge in [-0.1, -0.05) is 6.07 Å². The summed E-state index contributed by atoms with van der Waals surface area (Å²) in [7, 11) is 1.54. The van der Waals surface area contributed by atoms with Gasteiger partial charge in [0.15, 0.2) is 0 Å². The highest BCUT2D eigenvalue weighted by Gasteiger charge is 2.07. The molecule has 2 N–H and O–H groups in total. The summed E-state index contributed by atoms with van der Waals surface area (Å²) in [6, 6.07) is 8.15. The molecule has 0 spiro atoms. The smallest absolute Gasteiger partial charge is 0.132 e. The number of aromatic nitrogens is 1. The van der Waals surface area contributed by atoms with E-state index in [4.69, 9.17) is 10.5 Å². The molecule has 4 heteroatoms. The van der Waals surface area contributed by atoms with Gasteiger partial charge >= 0.3 is 0 Å². The van der Waals surface area contributed by atoms with Gasteiger partial charge in [0.25, 0.3) is 0 Å². The van der Waals surface area contributed by atoms with Gasteiger partial charge in [0.1, 0.15) is 11.6 Å². The van der Waals surface area contributed by atoms with Crippen molar-refractivity contribution in [1.82, 2.24) is 4.98 Å². The highest BCUT2D eigenvalue weighted by atomic mass is 19.1. The lowest BCUT2D eigenvalue weighted by Crippen LogP contribution is -1.97. The van der Waals surface area contributed by atoms with Gasteiger partial charge in [0.2, 0.25) is 0 Å². The van der Waals surface area contributed by atoms with Gasteiger partial charge in [0.05, 0.1) is 12.8 Å². The zero-order chi connectivity index (χ0) is 12.3. The molecule has 0 aliphatic rings. The minimum Gasteiger partial charge on any atom is -0.497 e. The summed E-state index contributed by atoms with van der Waals surface area (Å²) in [6.45, 7) is 0.424. The molecule has 0 unspecified atom stereocenters. The number of pyridine rings is 1. The maximum absolute atomic E-state index is 13.7.